The zero-order chi connectivity index (χ0) is 21.3. The molecule has 0 fully saturated rings. The first-order valence-electron chi connectivity index (χ1n) is 9.59. The van der Waals surface area contributed by atoms with Crippen LogP contribution >= 0.6 is 12.4 Å². The van der Waals surface area contributed by atoms with Crippen LogP contribution in [0.1, 0.15) is 31.3 Å². The van der Waals surface area contributed by atoms with Crippen LogP contribution in [0.4, 0.5) is 11.4 Å². The Morgan fingerprint density at radius 2 is 1.84 bits per heavy atom. The number of nitrogens with one attached hydrogen (secondary N) is 1. The highest BCUT2D eigenvalue weighted by molar-refractivity contribution is 5.98. The second-order valence-corrected chi connectivity index (χ2v) is 7.17. The van der Waals surface area contributed by atoms with E-state index in [0.717, 1.165) is 22.5 Å². The molecule has 0 amide bonds. The number of anilines is 2. The maximum absolute atomic E-state index is 5.55. The van der Waals surface area contributed by atoms with Crippen LogP contribution in [0.2, 0.25) is 0 Å². The molecule has 0 saturated carbocycles. The van der Waals surface area contributed by atoms with Gasteiger partial charge in [0.2, 0.25) is 0 Å². The Labute approximate surface area is 186 Å². The lowest BCUT2D eigenvalue weighted by atomic mass is 10.1. The lowest BCUT2D eigenvalue weighted by Crippen LogP contribution is -2.00. The predicted octanol–water partition coefficient (Wildman–Crippen LogP) is 5.29. The molecule has 0 atom stereocenters. The largest absolute Gasteiger partial charge is 0.497 e. The van der Waals surface area contributed by atoms with Gasteiger partial charge in [-0.3, -0.25) is 0 Å². The Bertz CT molecular complexity index is 1210. The van der Waals surface area contributed by atoms with Crippen LogP contribution in [-0.4, -0.2) is 34.3 Å². The van der Waals surface area contributed by atoms with Gasteiger partial charge in [-0.25, -0.2) is 9.97 Å². The summed E-state index contributed by atoms with van der Waals surface area (Å²) in [5.41, 5.74) is 3.71. The summed E-state index contributed by atoms with van der Waals surface area (Å²) in [6.07, 6.45) is 1.70. The quantitative estimate of drug-likeness (QED) is 0.431. The first-order valence-corrected chi connectivity index (χ1v) is 9.59. The molecule has 0 unspecified atom stereocenters. The predicted molar refractivity (Wildman–Crippen MR) is 122 cm³/mol. The van der Waals surface area contributed by atoms with Crippen molar-refractivity contribution in [1.29, 1.82) is 0 Å². The molecule has 8 nitrogen and oxygen atoms in total. The average molecular weight is 442 g/mol. The SMILES string of the molecule is COc1ccc(Nc2c(-c3nc(C(C)C)no3)cnc3nc(C)ccc23)c(OC)c1.Cl. The molecule has 0 radical (unpaired) electrons. The molecule has 0 aliphatic heterocycles. The van der Waals surface area contributed by atoms with Crippen LogP contribution in [0.25, 0.3) is 22.5 Å². The van der Waals surface area contributed by atoms with Crippen molar-refractivity contribution < 1.29 is 14.0 Å². The van der Waals surface area contributed by atoms with E-state index in [9.17, 15) is 0 Å². The topological polar surface area (TPSA) is 95.2 Å². The fraction of sp³-hybridized carbons (Fsp3) is 0.273. The smallest absolute Gasteiger partial charge is 0.261 e. The molecule has 4 rings (SSSR count). The van der Waals surface area contributed by atoms with Crippen molar-refractivity contribution in [2.24, 2.45) is 0 Å². The van der Waals surface area contributed by atoms with Gasteiger partial charge < -0.3 is 19.3 Å². The minimum absolute atomic E-state index is 0. The number of benzene rings is 1. The molecule has 0 saturated heterocycles. The number of aromatic nitrogens is 4. The van der Waals surface area contributed by atoms with Gasteiger partial charge >= 0.3 is 0 Å². The van der Waals surface area contributed by atoms with E-state index in [-0.39, 0.29) is 18.3 Å². The summed E-state index contributed by atoms with van der Waals surface area (Å²) >= 11 is 0. The van der Waals surface area contributed by atoms with Gasteiger partial charge in [-0.15, -0.1) is 12.4 Å². The second kappa shape index (κ2) is 9.18. The molecule has 0 aliphatic carbocycles. The first kappa shape index (κ1) is 22.3. The van der Waals surface area contributed by atoms with E-state index < -0.39 is 0 Å². The van der Waals surface area contributed by atoms with Gasteiger partial charge in [0.25, 0.3) is 5.89 Å². The second-order valence-electron chi connectivity index (χ2n) is 7.17. The van der Waals surface area contributed by atoms with Crippen LogP contribution in [0.5, 0.6) is 11.5 Å². The fourth-order valence-corrected chi connectivity index (χ4v) is 3.08. The first-order chi connectivity index (χ1) is 14.5. The maximum Gasteiger partial charge on any atom is 0.261 e. The van der Waals surface area contributed by atoms with Crippen LogP contribution in [-0.2, 0) is 0 Å². The number of methoxy groups -OCH3 is 2. The number of aryl methyl sites for hydroxylation is 1. The number of pyridine rings is 2. The average Bonchev–Trinajstić information content (AvgIpc) is 3.24. The minimum Gasteiger partial charge on any atom is -0.497 e. The molecule has 1 N–H and O–H groups in total. The Balaban J connectivity index is 0.00000272. The summed E-state index contributed by atoms with van der Waals surface area (Å²) in [5.74, 6) is 2.52. The Morgan fingerprint density at radius 3 is 2.52 bits per heavy atom. The van der Waals surface area contributed by atoms with E-state index in [2.05, 4.69) is 25.4 Å². The molecular weight excluding hydrogens is 418 g/mol. The third-order valence-corrected chi connectivity index (χ3v) is 4.73. The number of rotatable bonds is 6. The van der Waals surface area contributed by atoms with E-state index in [4.69, 9.17) is 14.0 Å². The highest BCUT2D eigenvalue weighted by atomic mass is 35.5. The van der Waals surface area contributed by atoms with Crippen LogP contribution in [0.3, 0.4) is 0 Å². The van der Waals surface area contributed by atoms with Crippen LogP contribution < -0.4 is 14.8 Å². The Kier molecular flexibility index (Phi) is 6.60. The van der Waals surface area contributed by atoms with Crippen molar-refractivity contribution in [3.8, 4) is 23.0 Å². The van der Waals surface area contributed by atoms with Crippen molar-refractivity contribution in [3.63, 3.8) is 0 Å². The summed E-state index contributed by atoms with van der Waals surface area (Å²) in [6, 6.07) is 9.49. The molecular formula is C22H24ClN5O3. The van der Waals surface area contributed by atoms with Gasteiger partial charge in [0.05, 0.1) is 31.2 Å². The number of fused-ring (bicyclic) bond motifs is 1. The van der Waals surface area contributed by atoms with Crippen molar-refractivity contribution in [1.82, 2.24) is 20.1 Å². The van der Waals surface area contributed by atoms with Crippen LogP contribution in [0, 0.1) is 6.92 Å². The number of hydrogen-bond donors (Lipinski definition) is 1. The summed E-state index contributed by atoms with van der Waals surface area (Å²) in [6.45, 7) is 5.96. The molecule has 0 aliphatic rings. The van der Waals surface area contributed by atoms with Crippen molar-refractivity contribution in [2.75, 3.05) is 19.5 Å². The van der Waals surface area contributed by atoms with Crippen molar-refractivity contribution in [2.45, 2.75) is 26.7 Å². The zero-order valence-electron chi connectivity index (χ0n) is 18.0. The number of halogens is 1. The standard InChI is InChI=1S/C22H23N5O3.ClH/c1-12(2)20-26-22(30-27-20)16-11-23-21-15(8-6-13(3)24-21)19(16)25-17-9-7-14(28-4)10-18(17)29-5;/h6-12H,1-5H3,(H,23,24,25);1H. The molecule has 4 aromatic rings. The normalized spacial score (nSPS) is 10.8. The Hall–Kier alpha value is -3.39. The van der Waals surface area contributed by atoms with E-state index in [1.807, 2.05) is 51.1 Å². The van der Waals surface area contributed by atoms with E-state index in [1.165, 1.54) is 0 Å². The van der Waals surface area contributed by atoms with Gasteiger partial charge in [-0.05, 0) is 31.2 Å². The fourth-order valence-electron chi connectivity index (χ4n) is 3.08. The molecule has 3 aromatic heterocycles. The summed E-state index contributed by atoms with van der Waals surface area (Å²) in [4.78, 5) is 13.6. The molecule has 31 heavy (non-hydrogen) atoms. The number of hydrogen-bond acceptors (Lipinski definition) is 8. The lowest BCUT2D eigenvalue weighted by Gasteiger charge is -2.16. The van der Waals surface area contributed by atoms with E-state index in [0.29, 0.717) is 34.4 Å². The van der Waals surface area contributed by atoms with Gasteiger partial charge in [-0.2, -0.15) is 4.98 Å². The summed E-state index contributed by atoms with van der Waals surface area (Å²) in [7, 11) is 3.23. The van der Waals surface area contributed by atoms with E-state index in [1.54, 1.807) is 20.4 Å². The van der Waals surface area contributed by atoms with E-state index >= 15 is 0 Å². The van der Waals surface area contributed by atoms with Crippen LogP contribution in [0.15, 0.2) is 41.1 Å². The zero-order valence-corrected chi connectivity index (χ0v) is 18.8. The molecule has 0 spiro atoms. The minimum atomic E-state index is 0. The number of ether oxygens (including phenoxy) is 2. The van der Waals surface area contributed by atoms with Gasteiger partial charge in [0, 0.05) is 29.3 Å². The van der Waals surface area contributed by atoms with Gasteiger partial charge in [0.15, 0.2) is 11.5 Å². The lowest BCUT2D eigenvalue weighted by molar-refractivity contribution is 0.395. The molecule has 0 bridgehead atoms. The highest BCUT2D eigenvalue weighted by Crippen LogP contribution is 2.38. The molecule has 3 heterocycles. The maximum atomic E-state index is 5.55. The third kappa shape index (κ3) is 4.39. The Morgan fingerprint density at radius 1 is 1.03 bits per heavy atom. The van der Waals surface area contributed by atoms with Gasteiger partial charge in [-0.1, -0.05) is 19.0 Å². The highest BCUT2D eigenvalue weighted by Gasteiger charge is 2.19. The monoisotopic (exact) mass is 441 g/mol. The van der Waals surface area contributed by atoms with Gasteiger partial charge in [0.1, 0.15) is 11.5 Å². The van der Waals surface area contributed by atoms with Crippen molar-refractivity contribution in [3.05, 3.63) is 48.0 Å². The molecule has 9 heteroatoms. The third-order valence-electron chi connectivity index (χ3n) is 4.73. The number of nitrogens with zero attached hydrogens (tertiary/aromatic N) is 4. The molecule has 1 aromatic carbocycles. The van der Waals surface area contributed by atoms with Crippen molar-refractivity contribution >= 4 is 34.8 Å². The summed E-state index contributed by atoms with van der Waals surface area (Å²) < 4.78 is 16.4. The summed E-state index contributed by atoms with van der Waals surface area (Å²) in [5, 5.41) is 8.38. The molecule has 162 valence electrons.